The lowest BCUT2D eigenvalue weighted by Gasteiger charge is -2.09. The topological polar surface area (TPSA) is 95.2 Å². The summed E-state index contributed by atoms with van der Waals surface area (Å²) in [6.45, 7) is 0. The lowest BCUT2D eigenvalue weighted by atomic mass is 10.2. The first-order valence-electron chi connectivity index (χ1n) is 5.68. The van der Waals surface area contributed by atoms with E-state index in [0.717, 1.165) is 0 Å². The van der Waals surface area contributed by atoms with Crippen LogP contribution in [-0.4, -0.2) is 23.2 Å². The molecule has 0 spiro atoms. The van der Waals surface area contributed by atoms with E-state index in [-0.39, 0.29) is 11.3 Å². The number of aromatic nitrogens is 1. The van der Waals surface area contributed by atoms with Gasteiger partial charge in [-0.2, -0.15) is 5.26 Å². The number of carboxylic acids is 1. The van der Waals surface area contributed by atoms with Gasteiger partial charge < -0.3 is 15.2 Å². The normalized spacial score (nSPS) is 9.60. The van der Waals surface area contributed by atoms with E-state index in [1.54, 1.807) is 24.3 Å². The minimum atomic E-state index is -1.06. The van der Waals surface area contributed by atoms with Gasteiger partial charge in [0.05, 0.1) is 18.7 Å². The summed E-state index contributed by atoms with van der Waals surface area (Å²) in [5.74, 6) is -0.314. The van der Waals surface area contributed by atoms with Gasteiger partial charge in [-0.05, 0) is 24.3 Å². The number of anilines is 2. The summed E-state index contributed by atoms with van der Waals surface area (Å²) in [6, 6.07) is 9.81. The fourth-order valence-electron chi connectivity index (χ4n) is 1.66. The summed E-state index contributed by atoms with van der Waals surface area (Å²) in [7, 11) is 1.40. The Bertz CT molecular complexity index is 692. The van der Waals surface area contributed by atoms with Crippen LogP contribution in [0.5, 0.6) is 5.75 Å². The molecule has 6 heteroatoms. The molecule has 0 unspecified atom stereocenters. The lowest BCUT2D eigenvalue weighted by Crippen LogP contribution is -2.01. The first-order valence-corrected chi connectivity index (χ1v) is 5.68. The monoisotopic (exact) mass is 269 g/mol. The Morgan fingerprint density at radius 2 is 2.20 bits per heavy atom. The predicted octanol–water partition coefficient (Wildman–Crippen LogP) is 2.40. The lowest BCUT2D eigenvalue weighted by molar-refractivity contribution is 0.0693. The van der Waals surface area contributed by atoms with Crippen LogP contribution in [0.2, 0.25) is 0 Å². The largest absolute Gasteiger partial charge is 0.496 e. The van der Waals surface area contributed by atoms with Crippen molar-refractivity contribution in [2.45, 2.75) is 0 Å². The first-order chi connectivity index (χ1) is 9.63. The molecule has 20 heavy (non-hydrogen) atoms. The van der Waals surface area contributed by atoms with Crippen molar-refractivity contribution in [3.63, 3.8) is 0 Å². The van der Waals surface area contributed by atoms with Crippen LogP contribution >= 0.6 is 0 Å². The van der Waals surface area contributed by atoms with E-state index in [4.69, 9.17) is 15.1 Å². The molecule has 2 aromatic rings. The second-order valence-corrected chi connectivity index (χ2v) is 3.89. The molecule has 2 rings (SSSR count). The van der Waals surface area contributed by atoms with Gasteiger partial charge in [0.15, 0.2) is 0 Å². The number of nitriles is 1. The Balaban J connectivity index is 2.30. The maximum Gasteiger partial charge on any atom is 0.339 e. The predicted molar refractivity (Wildman–Crippen MR) is 72.2 cm³/mol. The molecule has 1 aromatic carbocycles. The standard InChI is InChI=1S/C14H11N3O3/c1-20-12-7-10(2-3-11(12)14(18)19)17-13-6-9(8-15)4-5-16-13/h2-7H,1H3,(H,16,17)(H,18,19). The molecule has 0 atom stereocenters. The number of benzene rings is 1. The highest BCUT2D eigenvalue weighted by atomic mass is 16.5. The zero-order valence-electron chi connectivity index (χ0n) is 10.6. The third-order valence-electron chi connectivity index (χ3n) is 2.59. The molecule has 6 nitrogen and oxygen atoms in total. The number of nitrogens with zero attached hydrogens (tertiary/aromatic N) is 2. The average Bonchev–Trinajstić information content (AvgIpc) is 2.47. The van der Waals surface area contributed by atoms with Crippen molar-refractivity contribution in [1.82, 2.24) is 4.98 Å². The summed E-state index contributed by atoms with van der Waals surface area (Å²) in [5.41, 5.74) is 1.18. The second-order valence-electron chi connectivity index (χ2n) is 3.89. The highest BCUT2D eigenvalue weighted by Gasteiger charge is 2.11. The molecule has 0 saturated heterocycles. The third-order valence-corrected chi connectivity index (χ3v) is 2.59. The molecule has 0 aliphatic carbocycles. The van der Waals surface area contributed by atoms with E-state index in [1.165, 1.54) is 19.4 Å². The van der Waals surface area contributed by atoms with E-state index in [2.05, 4.69) is 10.3 Å². The Morgan fingerprint density at radius 3 is 2.85 bits per heavy atom. The van der Waals surface area contributed by atoms with Crippen molar-refractivity contribution in [3.05, 3.63) is 47.7 Å². The van der Waals surface area contributed by atoms with Gasteiger partial charge in [0, 0.05) is 18.0 Å². The first kappa shape index (κ1) is 13.4. The fraction of sp³-hybridized carbons (Fsp3) is 0.0714. The number of aromatic carboxylic acids is 1. The molecular formula is C14H11N3O3. The van der Waals surface area contributed by atoms with Crippen molar-refractivity contribution >= 4 is 17.5 Å². The number of rotatable bonds is 4. The van der Waals surface area contributed by atoms with E-state index < -0.39 is 5.97 Å². The van der Waals surface area contributed by atoms with Gasteiger partial charge in [0.2, 0.25) is 0 Å². The van der Waals surface area contributed by atoms with Gasteiger partial charge in [-0.25, -0.2) is 9.78 Å². The fourth-order valence-corrected chi connectivity index (χ4v) is 1.66. The zero-order chi connectivity index (χ0) is 14.5. The molecule has 1 aromatic heterocycles. The van der Waals surface area contributed by atoms with Crippen molar-refractivity contribution < 1.29 is 14.6 Å². The molecule has 0 radical (unpaired) electrons. The van der Waals surface area contributed by atoms with Crippen molar-refractivity contribution in [3.8, 4) is 11.8 Å². The number of nitrogens with one attached hydrogen (secondary N) is 1. The number of carbonyl (C=O) groups is 1. The van der Waals surface area contributed by atoms with Gasteiger partial charge >= 0.3 is 5.97 Å². The van der Waals surface area contributed by atoms with Gasteiger partial charge in [0.1, 0.15) is 17.1 Å². The molecule has 0 aliphatic rings. The molecule has 0 saturated carbocycles. The van der Waals surface area contributed by atoms with Crippen LogP contribution in [0.3, 0.4) is 0 Å². The van der Waals surface area contributed by atoms with Crippen molar-refractivity contribution in [2.24, 2.45) is 0 Å². The van der Waals surface area contributed by atoms with Crippen LogP contribution in [-0.2, 0) is 0 Å². The maximum atomic E-state index is 11.0. The maximum absolute atomic E-state index is 11.0. The number of carboxylic acid groups (broad SMARTS) is 1. The number of hydrogen-bond acceptors (Lipinski definition) is 5. The third kappa shape index (κ3) is 2.84. The molecule has 0 fully saturated rings. The highest BCUT2D eigenvalue weighted by Crippen LogP contribution is 2.25. The second kappa shape index (κ2) is 5.71. The van der Waals surface area contributed by atoms with Crippen LogP contribution in [0.1, 0.15) is 15.9 Å². The zero-order valence-corrected chi connectivity index (χ0v) is 10.6. The highest BCUT2D eigenvalue weighted by molar-refractivity contribution is 5.91. The van der Waals surface area contributed by atoms with E-state index in [1.807, 2.05) is 6.07 Å². The number of methoxy groups -OCH3 is 1. The van der Waals surface area contributed by atoms with Crippen molar-refractivity contribution in [1.29, 1.82) is 5.26 Å². The number of ether oxygens (including phenoxy) is 1. The summed E-state index contributed by atoms with van der Waals surface area (Å²) in [4.78, 5) is 15.1. The molecule has 0 bridgehead atoms. The van der Waals surface area contributed by atoms with Crippen LogP contribution in [0.25, 0.3) is 0 Å². The molecule has 100 valence electrons. The molecule has 0 amide bonds. The number of pyridine rings is 1. The Kier molecular flexibility index (Phi) is 3.82. The summed E-state index contributed by atoms with van der Waals surface area (Å²) in [6.07, 6.45) is 1.52. The summed E-state index contributed by atoms with van der Waals surface area (Å²) >= 11 is 0. The van der Waals surface area contributed by atoms with Gasteiger partial charge in [-0.1, -0.05) is 0 Å². The smallest absolute Gasteiger partial charge is 0.339 e. The Morgan fingerprint density at radius 1 is 1.40 bits per heavy atom. The molecular weight excluding hydrogens is 258 g/mol. The average molecular weight is 269 g/mol. The van der Waals surface area contributed by atoms with Crippen LogP contribution in [0.4, 0.5) is 11.5 Å². The van der Waals surface area contributed by atoms with Crippen LogP contribution in [0, 0.1) is 11.3 Å². The SMILES string of the molecule is COc1cc(Nc2cc(C#N)ccn2)ccc1C(=O)O. The number of hydrogen-bond donors (Lipinski definition) is 2. The van der Waals surface area contributed by atoms with E-state index >= 15 is 0 Å². The minimum Gasteiger partial charge on any atom is -0.496 e. The van der Waals surface area contributed by atoms with Crippen LogP contribution in [0.15, 0.2) is 36.5 Å². The van der Waals surface area contributed by atoms with E-state index in [9.17, 15) is 4.79 Å². The quantitative estimate of drug-likeness (QED) is 0.884. The van der Waals surface area contributed by atoms with E-state index in [0.29, 0.717) is 17.1 Å². The minimum absolute atomic E-state index is 0.0804. The van der Waals surface area contributed by atoms with Gasteiger partial charge in [-0.15, -0.1) is 0 Å². The summed E-state index contributed by atoms with van der Waals surface area (Å²) < 4.78 is 5.04. The van der Waals surface area contributed by atoms with Crippen molar-refractivity contribution in [2.75, 3.05) is 12.4 Å². The molecule has 0 aliphatic heterocycles. The van der Waals surface area contributed by atoms with Gasteiger partial charge in [-0.3, -0.25) is 0 Å². The molecule has 1 heterocycles. The van der Waals surface area contributed by atoms with Gasteiger partial charge in [0.25, 0.3) is 0 Å². The summed E-state index contributed by atoms with van der Waals surface area (Å²) in [5, 5.41) is 20.8. The van der Waals surface area contributed by atoms with Crippen LogP contribution < -0.4 is 10.1 Å². The molecule has 2 N–H and O–H groups in total. The Labute approximate surface area is 115 Å². The Hall–Kier alpha value is -3.07.